The van der Waals surface area contributed by atoms with E-state index in [1.807, 2.05) is 0 Å². The molecule has 2 aliphatic rings. The highest BCUT2D eigenvalue weighted by atomic mass is 32.2. The van der Waals surface area contributed by atoms with Gasteiger partial charge in [0, 0.05) is 18.2 Å². The number of rotatable bonds is 3. The minimum absolute atomic E-state index is 0.193. The molecule has 0 radical (unpaired) electrons. The molecule has 2 saturated heterocycles. The minimum Gasteiger partial charge on any atom is -0.361 e. The van der Waals surface area contributed by atoms with E-state index in [9.17, 15) is 9.59 Å². The molecule has 0 saturated carbocycles. The normalized spacial score (nSPS) is 30.7. The number of carbonyl (C=O) groups excluding carboxylic acids is 2. The maximum absolute atomic E-state index is 11.6. The van der Waals surface area contributed by atoms with Crippen molar-refractivity contribution in [3.8, 4) is 0 Å². The first-order valence-corrected chi connectivity index (χ1v) is 7.34. The van der Waals surface area contributed by atoms with Crippen LogP contribution in [0.4, 0.5) is 0 Å². The van der Waals surface area contributed by atoms with Crippen LogP contribution in [-0.4, -0.2) is 34.8 Å². The number of nitrogens with zero attached hydrogens (tertiary/aromatic N) is 1. The van der Waals surface area contributed by atoms with Crippen LogP contribution in [0.2, 0.25) is 0 Å². The summed E-state index contributed by atoms with van der Waals surface area (Å²) in [6, 6.07) is 0.0394. The largest absolute Gasteiger partial charge is 0.361 e. The van der Waals surface area contributed by atoms with Crippen molar-refractivity contribution in [3.63, 3.8) is 0 Å². The van der Waals surface area contributed by atoms with Gasteiger partial charge >= 0.3 is 0 Å². The summed E-state index contributed by atoms with van der Waals surface area (Å²) >= 11 is 1.66. The van der Waals surface area contributed by atoms with Crippen LogP contribution < -0.4 is 10.6 Å². The monoisotopic (exact) mass is 269 g/mol. The summed E-state index contributed by atoms with van der Waals surface area (Å²) in [5.41, 5.74) is 0. The lowest BCUT2D eigenvalue weighted by molar-refractivity contribution is -0.133. The van der Waals surface area contributed by atoms with Gasteiger partial charge in [0.2, 0.25) is 5.91 Å². The molecule has 0 spiro atoms. The number of imide groups is 1. The first-order valence-electron chi connectivity index (χ1n) is 6.35. The van der Waals surface area contributed by atoms with Crippen LogP contribution in [0, 0.1) is 5.92 Å². The second-order valence-corrected chi connectivity index (χ2v) is 6.19. The molecule has 0 aromatic heterocycles. The van der Waals surface area contributed by atoms with E-state index in [1.54, 1.807) is 11.8 Å². The number of nitrogens with one attached hydrogen (secondary N) is 2. The molecule has 2 fully saturated rings. The summed E-state index contributed by atoms with van der Waals surface area (Å²) in [4.78, 5) is 27.0. The number of hydrogen-bond acceptors (Lipinski definition) is 4. The van der Waals surface area contributed by atoms with Crippen LogP contribution in [0.3, 0.4) is 0 Å². The fraction of sp³-hybridized carbons (Fsp3) is 0.750. The van der Waals surface area contributed by atoms with Gasteiger partial charge in [0.25, 0.3) is 5.91 Å². The highest BCUT2D eigenvalue weighted by Crippen LogP contribution is 2.20. The Morgan fingerprint density at radius 3 is 2.89 bits per heavy atom. The molecule has 2 atom stereocenters. The number of hydrogen-bond donors (Lipinski definition) is 2. The van der Waals surface area contributed by atoms with Gasteiger partial charge in [-0.05, 0) is 18.8 Å². The third kappa shape index (κ3) is 3.48. The summed E-state index contributed by atoms with van der Waals surface area (Å²) in [6.07, 6.45) is 2.01. The van der Waals surface area contributed by atoms with Gasteiger partial charge in [-0.2, -0.15) is 0 Å². The molecule has 6 heteroatoms. The van der Waals surface area contributed by atoms with Gasteiger partial charge in [-0.3, -0.25) is 14.9 Å². The van der Waals surface area contributed by atoms with E-state index in [1.165, 1.54) is 0 Å². The van der Waals surface area contributed by atoms with E-state index in [0.717, 1.165) is 17.3 Å². The maximum Gasteiger partial charge on any atom is 0.251 e. The summed E-state index contributed by atoms with van der Waals surface area (Å²) in [7, 11) is 0. The number of aliphatic imine (C=N–C) groups is 1. The third-order valence-corrected chi connectivity index (χ3v) is 4.05. The van der Waals surface area contributed by atoms with Crippen molar-refractivity contribution >= 4 is 28.7 Å². The molecule has 0 aliphatic carbocycles. The zero-order valence-electron chi connectivity index (χ0n) is 10.7. The standard InChI is InChI=1S/C12H19N3O2S/c1-7(2)5-8-6-18-12(13-8)14-9-3-4-10(16)15-11(9)17/h7-9H,3-6H2,1-2H3,(H,13,14)(H,15,16,17). The van der Waals surface area contributed by atoms with Crippen LogP contribution in [0.25, 0.3) is 0 Å². The molecule has 100 valence electrons. The van der Waals surface area contributed by atoms with Crippen LogP contribution in [0.1, 0.15) is 33.1 Å². The van der Waals surface area contributed by atoms with E-state index in [-0.39, 0.29) is 11.8 Å². The molecular formula is C12H19N3O2S. The third-order valence-electron chi connectivity index (χ3n) is 2.99. The van der Waals surface area contributed by atoms with Crippen LogP contribution >= 0.6 is 11.8 Å². The Bertz CT molecular complexity index is 382. The Morgan fingerprint density at radius 1 is 1.44 bits per heavy atom. The summed E-state index contributed by atoms with van der Waals surface area (Å²) in [6.45, 7) is 4.39. The number of amidine groups is 1. The van der Waals surface area contributed by atoms with Crippen LogP contribution in [0.5, 0.6) is 0 Å². The highest BCUT2D eigenvalue weighted by molar-refractivity contribution is 8.14. The van der Waals surface area contributed by atoms with E-state index in [4.69, 9.17) is 0 Å². The van der Waals surface area contributed by atoms with Crippen molar-refractivity contribution in [1.82, 2.24) is 10.6 Å². The Morgan fingerprint density at radius 2 is 2.22 bits per heavy atom. The van der Waals surface area contributed by atoms with Gasteiger partial charge in [0.05, 0.1) is 0 Å². The molecule has 18 heavy (non-hydrogen) atoms. The first-order chi connectivity index (χ1) is 8.54. The molecule has 5 nitrogen and oxygen atoms in total. The van der Waals surface area contributed by atoms with Gasteiger partial charge in [-0.25, -0.2) is 4.99 Å². The molecule has 2 unspecified atom stereocenters. The molecule has 2 aliphatic heterocycles. The number of amides is 2. The van der Waals surface area contributed by atoms with E-state index in [2.05, 4.69) is 29.5 Å². The zero-order chi connectivity index (χ0) is 13.1. The lowest BCUT2D eigenvalue weighted by atomic mass is 10.1. The van der Waals surface area contributed by atoms with E-state index < -0.39 is 6.04 Å². The van der Waals surface area contributed by atoms with Gasteiger partial charge in [0.1, 0.15) is 6.04 Å². The smallest absolute Gasteiger partial charge is 0.251 e. The molecule has 2 amide bonds. The topological polar surface area (TPSA) is 70.6 Å². The Kier molecular flexibility index (Phi) is 4.27. The molecule has 0 bridgehead atoms. The molecule has 0 aromatic rings. The average molecular weight is 269 g/mol. The SMILES string of the molecule is CC(C)CC1CSC(=NC2CCC(=O)NC2=O)N1. The second kappa shape index (κ2) is 5.73. The minimum atomic E-state index is -0.407. The van der Waals surface area contributed by atoms with E-state index in [0.29, 0.717) is 24.8 Å². The predicted octanol–water partition coefficient (Wildman–Crippen LogP) is 0.899. The van der Waals surface area contributed by atoms with Gasteiger partial charge in [0.15, 0.2) is 5.17 Å². The lowest BCUT2D eigenvalue weighted by Crippen LogP contribution is -2.43. The highest BCUT2D eigenvalue weighted by Gasteiger charge is 2.28. The number of thioether (sulfide) groups is 1. The van der Waals surface area contributed by atoms with Crippen molar-refractivity contribution in [1.29, 1.82) is 0 Å². The number of piperidine rings is 1. The van der Waals surface area contributed by atoms with Crippen molar-refractivity contribution in [2.45, 2.75) is 45.2 Å². The Hall–Kier alpha value is -1.04. The lowest BCUT2D eigenvalue weighted by Gasteiger charge is -2.18. The average Bonchev–Trinajstić information content (AvgIpc) is 2.69. The van der Waals surface area contributed by atoms with Crippen molar-refractivity contribution < 1.29 is 9.59 Å². The number of carbonyl (C=O) groups is 2. The fourth-order valence-corrected chi connectivity index (χ4v) is 3.19. The molecular weight excluding hydrogens is 250 g/mol. The molecule has 0 aromatic carbocycles. The van der Waals surface area contributed by atoms with Crippen molar-refractivity contribution in [2.24, 2.45) is 10.9 Å². The first kappa shape index (κ1) is 13.4. The van der Waals surface area contributed by atoms with Crippen molar-refractivity contribution in [2.75, 3.05) is 5.75 Å². The van der Waals surface area contributed by atoms with Crippen molar-refractivity contribution in [3.05, 3.63) is 0 Å². The molecule has 2 N–H and O–H groups in total. The fourth-order valence-electron chi connectivity index (χ4n) is 2.15. The second-order valence-electron chi connectivity index (χ2n) is 5.18. The molecule has 2 rings (SSSR count). The predicted molar refractivity (Wildman–Crippen MR) is 72.4 cm³/mol. The van der Waals surface area contributed by atoms with Crippen LogP contribution in [-0.2, 0) is 9.59 Å². The Balaban J connectivity index is 1.90. The quantitative estimate of drug-likeness (QED) is 0.747. The van der Waals surface area contributed by atoms with Crippen LogP contribution in [0.15, 0.2) is 4.99 Å². The van der Waals surface area contributed by atoms with Gasteiger partial charge in [-0.1, -0.05) is 25.6 Å². The molecule has 2 heterocycles. The van der Waals surface area contributed by atoms with Gasteiger partial charge < -0.3 is 5.32 Å². The Labute approximate surface area is 111 Å². The summed E-state index contributed by atoms with van der Waals surface area (Å²) in [5, 5.41) is 6.52. The zero-order valence-corrected chi connectivity index (χ0v) is 11.5. The van der Waals surface area contributed by atoms with E-state index >= 15 is 0 Å². The summed E-state index contributed by atoms with van der Waals surface area (Å²) in [5.74, 6) is 1.19. The van der Waals surface area contributed by atoms with Gasteiger partial charge in [-0.15, -0.1) is 0 Å². The summed E-state index contributed by atoms with van der Waals surface area (Å²) < 4.78 is 0. The maximum atomic E-state index is 11.6.